The molecule has 1 unspecified atom stereocenters. The minimum Gasteiger partial charge on any atom is -0.336 e. The number of hydrogen-bond acceptors (Lipinski definition) is 5. The van der Waals surface area contributed by atoms with E-state index in [0.717, 1.165) is 23.3 Å². The summed E-state index contributed by atoms with van der Waals surface area (Å²) in [5.74, 6) is -0.179. The van der Waals surface area contributed by atoms with E-state index in [9.17, 15) is 9.59 Å². The number of fused-ring (bicyclic) bond motifs is 1. The summed E-state index contributed by atoms with van der Waals surface area (Å²) in [7, 11) is 0. The van der Waals surface area contributed by atoms with Gasteiger partial charge in [-0.3, -0.25) is 9.59 Å². The maximum atomic E-state index is 13.0. The third-order valence-corrected chi connectivity index (χ3v) is 6.70. The number of Topliss-reactive ketones (excluding diaryl/α,β-unsaturated/α-hetero) is 1. The third-order valence-electron chi connectivity index (χ3n) is 5.81. The van der Waals surface area contributed by atoms with Gasteiger partial charge in [-0.25, -0.2) is 4.68 Å². The van der Waals surface area contributed by atoms with Gasteiger partial charge >= 0.3 is 0 Å². The first-order chi connectivity index (χ1) is 15.2. The van der Waals surface area contributed by atoms with Crippen molar-refractivity contribution in [2.75, 3.05) is 13.1 Å². The van der Waals surface area contributed by atoms with Crippen molar-refractivity contribution in [3.05, 3.63) is 82.3 Å². The van der Waals surface area contributed by atoms with Crippen molar-refractivity contribution >= 4 is 33.8 Å². The number of rotatable bonds is 5. The van der Waals surface area contributed by atoms with Gasteiger partial charge < -0.3 is 4.90 Å². The molecule has 0 radical (unpaired) electrons. The summed E-state index contributed by atoms with van der Waals surface area (Å²) in [6.07, 6.45) is 3.33. The fourth-order valence-corrected chi connectivity index (χ4v) is 4.98. The molecule has 1 atom stereocenters. The van der Waals surface area contributed by atoms with Crippen LogP contribution in [0.4, 0.5) is 0 Å². The van der Waals surface area contributed by atoms with Crippen LogP contribution >= 0.6 is 11.3 Å². The molecule has 4 aromatic rings. The number of nitrogens with zero attached hydrogens (tertiary/aromatic N) is 4. The molecule has 7 heteroatoms. The fraction of sp³-hybridized carbons (Fsp3) is 0.250. The maximum Gasteiger partial charge on any atom is 0.276 e. The van der Waals surface area contributed by atoms with Crippen LogP contribution in [0.15, 0.2) is 66.2 Å². The summed E-state index contributed by atoms with van der Waals surface area (Å²) in [5, 5.41) is 12.6. The Morgan fingerprint density at radius 3 is 2.81 bits per heavy atom. The van der Waals surface area contributed by atoms with Crippen molar-refractivity contribution in [1.29, 1.82) is 0 Å². The van der Waals surface area contributed by atoms with Gasteiger partial charge in [-0.05, 0) is 40.6 Å². The minimum absolute atomic E-state index is 0.132. The van der Waals surface area contributed by atoms with Gasteiger partial charge in [0.15, 0.2) is 11.5 Å². The first-order valence-electron chi connectivity index (χ1n) is 10.4. The predicted octanol–water partition coefficient (Wildman–Crippen LogP) is 4.28. The number of carbonyl (C=O) groups is 2. The highest BCUT2D eigenvalue weighted by Gasteiger charge is 2.30. The molecule has 2 aromatic heterocycles. The fourth-order valence-electron chi connectivity index (χ4n) is 4.24. The lowest BCUT2D eigenvalue weighted by Gasteiger charge is -2.31. The molecular formula is C24H22N4O2S. The van der Waals surface area contributed by atoms with Gasteiger partial charge in [0, 0.05) is 19.0 Å². The second kappa shape index (κ2) is 8.43. The number of aromatic nitrogens is 3. The zero-order chi connectivity index (χ0) is 21.2. The van der Waals surface area contributed by atoms with Crippen LogP contribution in [-0.4, -0.2) is 44.7 Å². The van der Waals surface area contributed by atoms with Crippen LogP contribution in [0.3, 0.4) is 0 Å². The Bertz CT molecular complexity index is 1230. The lowest BCUT2D eigenvalue weighted by atomic mass is 9.93. The molecule has 2 aromatic carbocycles. The Morgan fingerprint density at radius 1 is 1.06 bits per heavy atom. The minimum atomic E-state index is -0.159. The SMILES string of the molecule is O=C(c1cccs1)C1CCCN(C(=O)c2cn(Cc3cccc4ccccc34)nn2)C1. The average molecular weight is 431 g/mol. The number of carbonyl (C=O) groups excluding carboxylic acids is 2. The van der Waals surface area contributed by atoms with E-state index in [1.165, 1.54) is 22.1 Å². The second-order valence-corrected chi connectivity index (χ2v) is 8.82. The maximum absolute atomic E-state index is 13.0. The quantitative estimate of drug-likeness (QED) is 0.443. The second-order valence-electron chi connectivity index (χ2n) is 7.87. The third kappa shape index (κ3) is 4.01. The number of likely N-dealkylation sites (tertiary alicyclic amines) is 1. The Labute approximate surface area is 184 Å². The van der Waals surface area contributed by atoms with Crippen LogP contribution in [0.2, 0.25) is 0 Å². The summed E-state index contributed by atoms with van der Waals surface area (Å²) < 4.78 is 1.70. The number of ketones is 1. The molecule has 0 spiro atoms. The van der Waals surface area contributed by atoms with E-state index in [1.807, 2.05) is 35.7 Å². The van der Waals surface area contributed by atoms with E-state index in [0.29, 0.717) is 25.3 Å². The topological polar surface area (TPSA) is 68.1 Å². The lowest BCUT2D eigenvalue weighted by molar-refractivity contribution is 0.0633. The molecule has 6 nitrogen and oxygen atoms in total. The molecule has 0 N–H and O–H groups in total. The molecule has 5 rings (SSSR count). The van der Waals surface area contributed by atoms with Crippen molar-refractivity contribution in [3.63, 3.8) is 0 Å². The van der Waals surface area contributed by atoms with Crippen molar-refractivity contribution in [1.82, 2.24) is 19.9 Å². The summed E-state index contributed by atoms with van der Waals surface area (Å²) in [6.45, 7) is 1.62. The smallest absolute Gasteiger partial charge is 0.276 e. The van der Waals surface area contributed by atoms with Crippen molar-refractivity contribution in [2.45, 2.75) is 19.4 Å². The highest BCUT2D eigenvalue weighted by molar-refractivity contribution is 7.12. The molecule has 1 amide bonds. The molecule has 0 bridgehead atoms. The molecule has 156 valence electrons. The molecule has 1 fully saturated rings. The predicted molar refractivity (Wildman–Crippen MR) is 120 cm³/mol. The first-order valence-corrected chi connectivity index (χ1v) is 11.3. The zero-order valence-corrected chi connectivity index (χ0v) is 17.8. The van der Waals surface area contributed by atoms with Crippen LogP contribution in [0.5, 0.6) is 0 Å². The van der Waals surface area contributed by atoms with Gasteiger partial charge in [0.25, 0.3) is 5.91 Å². The van der Waals surface area contributed by atoms with Crippen LogP contribution < -0.4 is 0 Å². The van der Waals surface area contributed by atoms with Crippen LogP contribution in [0.25, 0.3) is 10.8 Å². The molecule has 3 heterocycles. The molecule has 0 saturated carbocycles. The van der Waals surface area contributed by atoms with E-state index in [-0.39, 0.29) is 17.6 Å². The van der Waals surface area contributed by atoms with Crippen LogP contribution in [0.1, 0.15) is 38.6 Å². The summed E-state index contributed by atoms with van der Waals surface area (Å²) in [4.78, 5) is 28.3. The molecule has 31 heavy (non-hydrogen) atoms. The monoisotopic (exact) mass is 430 g/mol. The Kier molecular flexibility index (Phi) is 5.34. The molecule has 1 saturated heterocycles. The number of benzene rings is 2. The molecule has 0 aliphatic carbocycles. The molecule has 1 aliphatic rings. The number of amides is 1. The number of thiophene rings is 1. The van der Waals surface area contributed by atoms with Crippen molar-refractivity contribution in [3.8, 4) is 0 Å². The summed E-state index contributed by atoms with van der Waals surface area (Å²) in [5.41, 5.74) is 1.45. The van der Waals surface area contributed by atoms with E-state index < -0.39 is 0 Å². The van der Waals surface area contributed by atoms with Gasteiger partial charge in [0.05, 0.1) is 17.6 Å². The highest BCUT2D eigenvalue weighted by Crippen LogP contribution is 2.24. The van der Waals surface area contributed by atoms with E-state index in [2.05, 4.69) is 34.6 Å². The van der Waals surface area contributed by atoms with Gasteiger partial charge in [0.2, 0.25) is 0 Å². The van der Waals surface area contributed by atoms with Crippen molar-refractivity contribution in [2.24, 2.45) is 5.92 Å². The Morgan fingerprint density at radius 2 is 1.94 bits per heavy atom. The number of hydrogen-bond donors (Lipinski definition) is 0. The van der Waals surface area contributed by atoms with Gasteiger partial charge in [-0.2, -0.15) is 0 Å². The summed E-state index contributed by atoms with van der Waals surface area (Å²) >= 11 is 1.46. The standard InChI is InChI=1S/C24H22N4O2S/c29-23(22-11-5-13-31-22)19-9-4-12-27(14-19)24(30)21-16-28(26-25-21)15-18-8-3-7-17-6-1-2-10-20(17)18/h1-3,5-8,10-11,13,16,19H,4,9,12,14-15H2. The average Bonchev–Trinajstić information content (AvgIpc) is 3.51. The van der Waals surface area contributed by atoms with E-state index >= 15 is 0 Å². The molecule has 1 aliphatic heterocycles. The van der Waals surface area contributed by atoms with E-state index in [1.54, 1.807) is 15.8 Å². The lowest BCUT2D eigenvalue weighted by Crippen LogP contribution is -2.42. The summed E-state index contributed by atoms with van der Waals surface area (Å²) in [6, 6.07) is 18.1. The molecular weight excluding hydrogens is 408 g/mol. The zero-order valence-electron chi connectivity index (χ0n) is 17.0. The van der Waals surface area contributed by atoms with E-state index in [4.69, 9.17) is 0 Å². The van der Waals surface area contributed by atoms with Crippen LogP contribution in [0, 0.1) is 5.92 Å². The normalized spacial score (nSPS) is 16.5. The Balaban J connectivity index is 1.30. The van der Waals surface area contributed by atoms with Gasteiger partial charge in [-0.15, -0.1) is 16.4 Å². The Hall–Kier alpha value is -3.32. The number of piperidine rings is 1. The highest BCUT2D eigenvalue weighted by atomic mass is 32.1. The van der Waals surface area contributed by atoms with Gasteiger partial charge in [-0.1, -0.05) is 53.7 Å². The van der Waals surface area contributed by atoms with Gasteiger partial charge in [0.1, 0.15) is 0 Å². The van der Waals surface area contributed by atoms with Crippen molar-refractivity contribution < 1.29 is 9.59 Å². The first kappa shape index (κ1) is 19.6. The largest absolute Gasteiger partial charge is 0.336 e. The van der Waals surface area contributed by atoms with Crippen LogP contribution in [-0.2, 0) is 6.54 Å².